The molecule has 0 aromatic carbocycles. The number of aryl methyl sites for hydroxylation is 1. The van der Waals surface area contributed by atoms with E-state index in [1.54, 1.807) is 7.05 Å². The van der Waals surface area contributed by atoms with Crippen molar-refractivity contribution < 1.29 is 14.1 Å². The largest absolute Gasteiger partial charge is 0.481 e. The quantitative estimate of drug-likeness (QED) is 0.643. The summed E-state index contributed by atoms with van der Waals surface area (Å²) in [5.74, 6) is -1.16. The molecule has 0 saturated carbocycles. The van der Waals surface area contributed by atoms with Gasteiger partial charge in [0.15, 0.2) is 5.82 Å². The third-order valence-electron chi connectivity index (χ3n) is 1.12. The van der Waals surface area contributed by atoms with Crippen molar-refractivity contribution in [1.29, 1.82) is 0 Å². The van der Waals surface area contributed by atoms with E-state index in [0.29, 0.717) is 5.82 Å². The van der Waals surface area contributed by atoms with Crippen LogP contribution < -0.4 is 0 Å². The maximum Gasteiger partial charge on any atom is 0.316 e. The summed E-state index contributed by atoms with van der Waals surface area (Å²) in [4.78, 5) is 11.4. The molecule has 8 heteroatoms. The number of aliphatic carboxylic acids is 1. The first kappa shape index (κ1) is 9.78. The Morgan fingerprint density at radius 2 is 2.38 bits per heavy atom. The lowest BCUT2D eigenvalue weighted by Gasteiger charge is -1.92. The normalized spacial score (nSPS) is 12.7. The second kappa shape index (κ2) is 4.08. The monoisotopic (exact) mass is 204 g/mol. The van der Waals surface area contributed by atoms with Crippen LogP contribution in [0.4, 0.5) is 0 Å². The van der Waals surface area contributed by atoms with E-state index in [1.165, 1.54) is 4.80 Å². The van der Waals surface area contributed by atoms with Gasteiger partial charge in [0.2, 0.25) is 0 Å². The zero-order valence-corrected chi connectivity index (χ0v) is 7.69. The Morgan fingerprint density at radius 3 is 2.85 bits per heavy atom. The molecule has 1 aromatic heterocycles. The Balaban J connectivity index is 2.50. The van der Waals surface area contributed by atoms with Crippen molar-refractivity contribution in [2.75, 3.05) is 5.75 Å². The number of tetrazole rings is 1. The summed E-state index contributed by atoms with van der Waals surface area (Å²) in [6.07, 6.45) is 0. The first-order valence-electron chi connectivity index (χ1n) is 3.37. The highest BCUT2D eigenvalue weighted by atomic mass is 32.2. The van der Waals surface area contributed by atoms with E-state index in [2.05, 4.69) is 15.4 Å². The first-order valence-corrected chi connectivity index (χ1v) is 4.86. The molecule has 0 saturated heterocycles. The van der Waals surface area contributed by atoms with Gasteiger partial charge in [0, 0.05) is 10.8 Å². The molecule has 1 aromatic rings. The Morgan fingerprint density at radius 1 is 1.69 bits per heavy atom. The Hall–Kier alpha value is -1.31. The van der Waals surface area contributed by atoms with Crippen molar-refractivity contribution in [2.45, 2.75) is 5.75 Å². The van der Waals surface area contributed by atoms with Gasteiger partial charge in [0.05, 0.1) is 12.8 Å². The number of hydrogen-bond acceptors (Lipinski definition) is 5. The number of carbonyl (C=O) groups is 1. The van der Waals surface area contributed by atoms with Gasteiger partial charge >= 0.3 is 5.97 Å². The highest BCUT2D eigenvalue weighted by Crippen LogP contribution is 1.93. The fourth-order valence-electron chi connectivity index (χ4n) is 0.714. The minimum absolute atomic E-state index is 0.0279. The number of hydrogen-bond donors (Lipinski definition) is 1. The summed E-state index contributed by atoms with van der Waals surface area (Å²) in [5, 5.41) is 19.2. The van der Waals surface area contributed by atoms with Crippen LogP contribution in [-0.4, -0.2) is 41.2 Å². The van der Waals surface area contributed by atoms with Gasteiger partial charge in [-0.15, -0.1) is 10.2 Å². The van der Waals surface area contributed by atoms with Crippen molar-refractivity contribution in [1.82, 2.24) is 20.2 Å². The average molecular weight is 204 g/mol. The zero-order chi connectivity index (χ0) is 9.84. The van der Waals surface area contributed by atoms with Crippen LogP contribution in [0.3, 0.4) is 0 Å². The molecule has 0 radical (unpaired) electrons. The van der Waals surface area contributed by atoms with E-state index in [1.807, 2.05) is 0 Å². The predicted molar refractivity (Wildman–Crippen MR) is 43.1 cm³/mol. The van der Waals surface area contributed by atoms with Gasteiger partial charge in [-0.1, -0.05) is 0 Å². The van der Waals surface area contributed by atoms with E-state index in [0.717, 1.165) is 0 Å². The lowest BCUT2D eigenvalue weighted by molar-refractivity contribution is -0.133. The van der Waals surface area contributed by atoms with Crippen LogP contribution in [0.1, 0.15) is 5.82 Å². The van der Waals surface area contributed by atoms with Crippen molar-refractivity contribution in [3.8, 4) is 0 Å². The molecule has 0 aliphatic rings. The fraction of sp³-hybridized carbons (Fsp3) is 0.600. The third kappa shape index (κ3) is 3.28. The molecule has 0 fully saturated rings. The van der Waals surface area contributed by atoms with Crippen LogP contribution in [-0.2, 0) is 28.4 Å². The van der Waals surface area contributed by atoms with Gasteiger partial charge in [-0.2, -0.15) is 4.80 Å². The number of nitrogens with zero attached hydrogens (tertiary/aromatic N) is 4. The van der Waals surface area contributed by atoms with Crippen molar-refractivity contribution in [3.05, 3.63) is 5.82 Å². The van der Waals surface area contributed by atoms with Gasteiger partial charge in [-0.3, -0.25) is 9.00 Å². The van der Waals surface area contributed by atoms with E-state index in [-0.39, 0.29) is 5.75 Å². The molecule has 7 nitrogen and oxygen atoms in total. The van der Waals surface area contributed by atoms with Gasteiger partial charge in [-0.25, -0.2) is 0 Å². The molecule has 0 spiro atoms. The third-order valence-corrected chi connectivity index (χ3v) is 2.27. The molecule has 1 rings (SSSR count). The molecule has 0 aliphatic heterocycles. The fourth-order valence-corrected chi connectivity index (χ4v) is 1.49. The molecule has 1 heterocycles. The van der Waals surface area contributed by atoms with Crippen molar-refractivity contribution in [3.63, 3.8) is 0 Å². The molecule has 1 atom stereocenters. The molecule has 72 valence electrons. The van der Waals surface area contributed by atoms with Crippen LogP contribution in [0.25, 0.3) is 0 Å². The molecule has 1 unspecified atom stereocenters. The van der Waals surface area contributed by atoms with Crippen LogP contribution in [0, 0.1) is 0 Å². The van der Waals surface area contributed by atoms with E-state index in [4.69, 9.17) is 5.11 Å². The Labute approximate surface area is 76.2 Å². The van der Waals surface area contributed by atoms with Crippen molar-refractivity contribution >= 4 is 16.8 Å². The van der Waals surface area contributed by atoms with E-state index >= 15 is 0 Å². The maximum absolute atomic E-state index is 11.0. The van der Waals surface area contributed by atoms with Crippen molar-refractivity contribution in [2.24, 2.45) is 7.05 Å². The molecule has 0 amide bonds. The molecule has 0 aliphatic carbocycles. The van der Waals surface area contributed by atoms with Crippen LogP contribution in [0.2, 0.25) is 0 Å². The lowest BCUT2D eigenvalue weighted by atomic mass is 10.7. The summed E-state index contributed by atoms with van der Waals surface area (Å²) in [5.41, 5.74) is 0. The second-order valence-electron chi connectivity index (χ2n) is 2.32. The summed E-state index contributed by atoms with van der Waals surface area (Å²) in [7, 11) is 0.114. The highest BCUT2D eigenvalue weighted by Gasteiger charge is 2.09. The standard InChI is InChI=1S/C5H8N4O3S/c1-9-7-4(6-8-9)2-13(12)3-5(10)11/h2-3H2,1H3,(H,10,11). The molecular weight excluding hydrogens is 196 g/mol. The predicted octanol–water partition coefficient (Wildman–Crippen LogP) is -1.46. The number of aromatic nitrogens is 4. The minimum Gasteiger partial charge on any atom is -0.481 e. The lowest BCUT2D eigenvalue weighted by Crippen LogP contribution is -2.11. The zero-order valence-electron chi connectivity index (χ0n) is 6.88. The minimum atomic E-state index is -1.47. The maximum atomic E-state index is 11.0. The summed E-state index contributed by atoms with van der Waals surface area (Å²) < 4.78 is 11.0. The van der Waals surface area contributed by atoms with E-state index in [9.17, 15) is 9.00 Å². The van der Waals surface area contributed by atoms with Gasteiger partial charge < -0.3 is 5.11 Å². The average Bonchev–Trinajstić information content (AvgIpc) is 2.33. The summed E-state index contributed by atoms with van der Waals surface area (Å²) >= 11 is 0. The summed E-state index contributed by atoms with van der Waals surface area (Å²) in [6, 6.07) is 0. The van der Waals surface area contributed by atoms with Crippen LogP contribution >= 0.6 is 0 Å². The number of carboxylic acids is 1. The second-order valence-corrected chi connectivity index (χ2v) is 3.77. The Bertz CT molecular complexity index is 336. The number of rotatable bonds is 4. The SMILES string of the molecule is Cn1nnc(CS(=O)CC(=O)O)n1. The summed E-state index contributed by atoms with van der Waals surface area (Å²) in [6.45, 7) is 0. The Kier molecular flexibility index (Phi) is 3.07. The highest BCUT2D eigenvalue weighted by molar-refractivity contribution is 7.84. The molecular formula is C5H8N4O3S. The molecule has 0 bridgehead atoms. The topological polar surface area (TPSA) is 98.0 Å². The smallest absolute Gasteiger partial charge is 0.316 e. The van der Waals surface area contributed by atoms with Gasteiger partial charge in [0.25, 0.3) is 0 Å². The van der Waals surface area contributed by atoms with E-state index < -0.39 is 22.5 Å². The first-order chi connectivity index (χ1) is 6.08. The molecule has 13 heavy (non-hydrogen) atoms. The van der Waals surface area contributed by atoms with Crippen LogP contribution in [0.5, 0.6) is 0 Å². The molecule has 1 N–H and O–H groups in total. The number of carboxylic acid groups (broad SMARTS) is 1. The van der Waals surface area contributed by atoms with Gasteiger partial charge in [0.1, 0.15) is 5.75 Å². The van der Waals surface area contributed by atoms with Crippen LogP contribution in [0.15, 0.2) is 0 Å². The van der Waals surface area contributed by atoms with Gasteiger partial charge in [-0.05, 0) is 5.21 Å².